The minimum absolute atomic E-state index is 0.0339. The lowest BCUT2D eigenvalue weighted by Gasteiger charge is -2.26. The summed E-state index contributed by atoms with van der Waals surface area (Å²) >= 11 is 0. The van der Waals surface area contributed by atoms with Crippen molar-refractivity contribution in [1.29, 1.82) is 0 Å². The molecule has 1 aliphatic rings. The monoisotopic (exact) mass is 407 g/mol. The molecule has 7 nitrogen and oxygen atoms in total. The molecule has 2 aromatic carbocycles. The second-order valence-corrected chi connectivity index (χ2v) is 7.07. The number of fused-ring (bicyclic) bond motifs is 1. The van der Waals surface area contributed by atoms with Crippen molar-refractivity contribution >= 4 is 22.7 Å². The predicted octanol–water partition coefficient (Wildman–Crippen LogP) is 4.14. The zero-order chi connectivity index (χ0) is 21.4. The molecule has 0 saturated carbocycles. The van der Waals surface area contributed by atoms with E-state index < -0.39 is 23.5 Å². The average Bonchev–Trinajstić information content (AvgIpc) is 3.28. The Morgan fingerprint density at radius 1 is 1.17 bits per heavy atom. The molecule has 4 rings (SSSR count). The van der Waals surface area contributed by atoms with Gasteiger partial charge in [-0.1, -0.05) is 31.2 Å². The lowest BCUT2D eigenvalue weighted by Crippen LogP contribution is -2.31. The number of ether oxygens (including phenoxy) is 1. The molecule has 0 saturated heterocycles. The molecule has 0 spiro atoms. The quantitative estimate of drug-likeness (QED) is 0.596. The number of phenolic OH excluding ortho intramolecular Hbond substituents is 1. The van der Waals surface area contributed by atoms with E-state index >= 15 is 0 Å². The molecule has 1 aromatic heterocycles. The SMILES string of the molecule is CCCN1C(=O)C(O)=C(C(=O)c2cc3ccccc3o2)C1c1ccc(OC)c(O)c1. The Hall–Kier alpha value is -3.74. The summed E-state index contributed by atoms with van der Waals surface area (Å²) in [5, 5.41) is 21.6. The third-order valence-corrected chi connectivity index (χ3v) is 5.18. The van der Waals surface area contributed by atoms with E-state index in [1.165, 1.54) is 18.1 Å². The zero-order valence-corrected chi connectivity index (χ0v) is 16.6. The van der Waals surface area contributed by atoms with Gasteiger partial charge in [0.25, 0.3) is 5.91 Å². The van der Waals surface area contributed by atoms with Crippen LogP contribution in [-0.4, -0.2) is 40.5 Å². The third-order valence-electron chi connectivity index (χ3n) is 5.18. The van der Waals surface area contributed by atoms with Crippen LogP contribution in [0.15, 0.2) is 64.3 Å². The highest BCUT2D eigenvalue weighted by molar-refractivity contribution is 6.16. The maximum absolute atomic E-state index is 13.3. The highest BCUT2D eigenvalue weighted by Crippen LogP contribution is 2.41. The molecule has 2 N–H and O–H groups in total. The zero-order valence-electron chi connectivity index (χ0n) is 16.6. The highest BCUT2D eigenvalue weighted by atomic mass is 16.5. The number of rotatable bonds is 6. The van der Waals surface area contributed by atoms with Crippen LogP contribution in [-0.2, 0) is 4.79 Å². The number of carbonyl (C=O) groups excluding carboxylic acids is 2. The first-order valence-electron chi connectivity index (χ1n) is 9.60. The third kappa shape index (κ3) is 3.08. The largest absolute Gasteiger partial charge is 0.504 e. The van der Waals surface area contributed by atoms with E-state index in [0.29, 0.717) is 24.1 Å². The molecule has 1 aliphatic heterocycles. The van der Waals surface area contributed by atoms with Crippen LogP contribution in [0.25, 0.3) is 11.0 Å². The van der Waals surface area contributed by atoms with Gasteiger partial charge in [0.15, 0.2) is 23.0 Å². The lowest BCUT2D eigenvalue weighted by atomic mass is 9.94. The number of furan rings is 1. The summed E-state index contributed by atoms with van der Waals surface area (Å²) in [6.07, 6.45) is 0.629. The van der Waals surface area contributed by atoms with E-state index in [2.05, 4.69) is 0 Å². The molecular formula is C23H21NO6. The van der Waals surface area contributed by atoms with Crippen molar-refractivity contribution in [2.45, 2.75) is 19.4 Å². The van der Waals surface area contributed by atoms with Gasteiger partial charge in [-0.2, -0.15) is 0 Å². The van der Waals surface area contributed by atoms with Gasteiger partial charge >= 0.3 is 0 Å². The van der Waals surface area contributed by atoms with Crippen molar-refractivity contribution in [3.8, 4) is 11.5 Å². The van der Waals surface area contributed by atoms with Crippen LogP contribution in [0.3, 0.4) is 0 Å². The van der Waals surface area contributed by atoms with Crippen molar-refractivity contribution in [3.05, 3.63) is 71.2 Å². The summed E-state index contributed by atoms with van der Waals surface area (Å²) in [4.78, 5) is 27.5. The number of phenols is 1. The number of carbonyl (C=O) groups is 2. The summed E-state index contributed by atoms with van der Waals surface area (Å²) in [5.41, 5.74) is 0.949. The summed E-state index contributed by atoms with van der Waals surface area (Å²) in [7, 11) is 1.43. The maximum atomic E-state index is 13.3. The fraction of sp³-hybridized carbons (Fsp3) is 0.217. The van der Waals surface area contributed by atoms with Crippen molar-refractivity contribution in [2.75, 3.05) is 13.7 Å². The van der Waals surface area contributed by atoms with Gasteiger partial charge in [0.1, 0.15) is 5.58 Å². The van der Waals surface area contributed by atoms with Crippen LogP contribution < -0.4 is 4.74 Å². The summed E-state index contributed by atoms with van der Waals surface area (Å²) in [6, 6.07) is 12.6. The number of aliphatic hydroxyl groups is 1. The number of nitrogens with zero attached hydrogens (tertiary/aromatic N) is 1. The molecular weight excluding hydrogens is 386 g/mol. The van der Waals surface area contributed by atoms with Crippen molar-refractivity contribution in [1.82, 2.24) is 4.90 Å². The standard InChI is InChI=1S/C23H21NO6/c1-3-10-24-20(14-8-9-17(29-2)15(25)11-14)19(22(27)23(24)28)21(26)18-12-13-6-4-5-7-16(13)30-18/h4-9,11-12,20,25,27H,3,10H2,1-2H3. The minimum atomic E-state index is -0.852. The van der Waals surface area contributed by atoms with E-state index in [1.54, 1.807) is 30.3 Å². The molecule has 30 heavy (non-hydrogen) atoms. The van der Waals surface area contributed by atoms with Gasteiger partial charge in [-0.25, -0.2) is 0 Å². The Balaban J connectivity index is 1.82. The number of hydrogen-bond acceptors (Lipinski definition) is 6. The number of methoxy groups -OCH3 is 1. The predicted molar refractivity (Wildman–Crippen MR) is 110 cm³/mol. The van der Waals surface area contributed by atoms with Crippen LogP contribution in [0.1, 0.15) is 35.5 Å². The van der Waals surface area contributed by atoms with E-state index in [9.17, 15) is 19.8 Å². The fourth-order valence-electron chi connectivity index (χ4n) is 3.81. The molecule has 1 amide bonds. The summed E-state index contributed by atoms with van der Waals surface area (Å²) < 4.78 is 10.8. The van der Waals surface area contributed by atoms with Crippen molar-refractivity contribution < 1.29 is 29.0 Å². The van der Waals surface area contributed by atoms with Crippen molar-refractivity contribution in [3.63, 3.8) is 0 Å². The normalized spacial score (nSPS) is 16.5. The molecule has 3 aromatic rings. The van der Waals surface area contributed by atoms with Gasteiger partial charge in [-0.3, -0.25) is 9.59 Å². The Morgan fingerprint density at radius 3 is 2.60 bits per heavy atom. The molecule has 1 atom stereocenters. The topological polar surface area (TPSA) is 100 Å². The van der Waals surface area contributed by atoms with Gasteiger partial charge in [-0.05, 0) is 36.2 Å². The Kier molecular flexibility index (Phi) is 4.95. The summed E-state index contributed by atoms with van der Waals surface area (Å²) in [6.45, 7) is 2.23. The Morgan fingerprint density at radius 2 is 1.93 bits per heavy atom. The molecule has 0 bridgehead atoms. The smallest absolute Gasteiger partial charge is 0.290 e. The van der Waals surface area contributed by atoms with Crippen LogP contribution >= 0.6 is 0 Å². The first kappa shape index (κ1) is 19.6. The van der Waals surface area contributed by atoms with Gasteiger partial charge in [0, 0.05) is 11.9 Å². The first-order chi connectivity index (χ1) is 14.5. The van der Waals surface area contributed by atoms with Crippen LogP contribution in [0, 0.1) is 0 Å². The number of amides is 1. The van der Waals surface area contributed by atoms with E-state index in [0.717, 1.165) is 5.39 Å². The van der Waals surface area contributed by atoms with Crippen LogP contribution in [0.5, 0.6) is 11.5 Å². The molecule has 1 unspecified atom stereocenters. The maximum Gasteiger partial charge on any atom is 0.290 e. The number of aromatic hydroxyl groups is 1. The Bertz CT molecular complexity index is 1140. The number of benzene rings is 2. The molecule has 0 radical (unpaired) electrons. The summed E-state index contributed by atoms with van der Waals surface area (Å²) in [5.74, 6) is -1.63. The number of ketones is 1. The van der Waals surface area contributed by atoms with Gasteiger partial charge < -0.3 is 24.3 Å². The average molecular weight is 407 g/mol. The van der Waals surface area contributed by atoms with Crippen LogP contribution in [0.2, 0.25) is 0 Å². The molecule has 154 valence electrons. The Labute approximate surface area is 172 Å². The molecule has 0 aliphatic carbocycles. The molecule has 7 heteroatoms. The number of aliphatic hydroxyl groups excluding tert-OH is 1. The first-order valence-corrected chi connectivity index (χ1v) is 9.60. The van der Waals surface area contributed by atoms with E-state index in [1.807, 2.05) is 19.1 Å². The van der Waals surface area contributed by atoms with Crippen molar-refractivity contribution in [2.24, 2.45) is 0 Å². The van der Waals surface area contributed by atoms with E-state index in [-0.39, 0.29) is 22.8 Å². The minimum Gasteiger partial charge on any atom is -0.504 e. The molecule has 0 fully saturated rings. The van der Waals surface area contributed by atoms with Crippen LogP contribution in [0.4, 0.5) is 0 Å². The van der Waals surface area contributed by atoms with Gasteiger partial charge in [0.2, 0.25) is 5.78 Å². The highest BCUT2D eigenvalue weighted by Gasteiger charge is 2.44. The fourth-order valence-corrected chi connectivity index (χ4v) is 3.81. The number of hydrogen-bond donors (Lipinski definition) is 2. The van der Waals surface area contributed by atoms with Gasteiger partial charge in [0.05, 0.1) is 18.7 Å². The number of para-hydroxylation sites is 1. The second kappa shape index (κ2) is 7.59. The molecule has 2 heterocycles. The van der Waals surface area contributed by atoms with Gasteiger partial charge in [-0.15, -0.1) is 0 Å². The van der Waals surface area contributed by atoms with E-state index in [4.69, 9.17) is 9.15 Å². The number of Topliss-reactive ketones (excluding diaryl/α,β-unsaturated/α-hetero) is 1. The second-order valence-electron chi connectivity index (χ2n) is 7.07. The lowest BCUT2D eigenvalue weighted by molar-refractivity contribution is -0.129.